The van der Waals surface area contributed by atoms with E-state index in [1.807, 2.05) is 49.8 Å². The summed E-state index contributed by atoms with van der Waals surface area (Å²) in [6, 6.07) is 7.86. The average molecular weight is 345 g/mol. The summed E-state index contributed by atoms with van der Waals surface area (Å²) in [7, 11) is 3.57. The van der Waals surface area contributed by atoms with Gasteiger partial charge in [-0.15, -0.1) is 0 Å². The summed E-state index contributed by atoms with van der Waals surface area (Å²) >= 11 is 0. The highest BCUT2D eigenvalue weighted by Gasteiger charge is 2.06. The molecule has 0 aliphatic carbocycles. The molecule has 0 unspecified atom stereocenters. The van der Waals surface area contributed by atoms with E-state index in [9.17, 15) is 0 Å². The Hall–Kier alpha value is -2.70. The molecule has 2 rings (SSSR count). The second-order valence-electron chi connectivity index (χ2n) is 5.41. The lowest BCUT2D eigenvalue weighted by Crippen LogP contribution is -2.37. The van der Waals surface area contributed by atoms with E-state index in [4.69, 9.17) is 9.47 Å². The molecule has 1 aromatic heterocycles. The average Bonchev–Trinajstić information content (AvgIpc) is 3.03. The second kappa shape index (κ2) is 9.56. The normalized spacial score (nSPS) is 11.3. The van der Waals surface area contributed by atoms with Crippen LogP contribution in [0.25, 0.3) is 0 Å². The Morgan fingerprint density at radius 3 is 2.68 bits per heavy atom. The number of hydrogen-bond acceptors (Lipinski definition) is 4. The summed E-state index contributed by atoms with van der Waals surface area (Å²) in [5, 5.41) is 10.7. The van der Waals surface area contributed by atoms with Gasteiger partial charge in [0.15, 0.2) is 17.5 Å². The first-order valence-corrected chi connectivity index (χ1v) is 8.46. The van der Waals surface area contributed by atoms with E-state index in [-0.39, 0.29) is 0 Å². The number of hydrogen-bond donors (Lipinski definition) is 2. The predicted molar refractivity (Wildman–Crippen MR) is 99.0 cm³/mol. The molecule has 0 saturated carbocycles. The fraction of sp³-hybridized carbons (Fsp3) is 0.444. The van der Waals surface area contributed by atoms with Crippen LogP contribution in [-0.2, 0) is 20.1 Å². The lowest BCUT2D eigenvalue weighted by Gasteiger charge is -2.12. The Bertz CT molecular complexity index is 697. The molecule has 2 aromatic rings. The van der Waals surface area contributed by atoms with Crippen molar-refractivity contribution in [1.82, 2.24) is 20.4 Å². The number of benzene rings is 1. The summed E-state index contributed by atoms with van der Waals surface area (Å²) in [4.78, 5) is 4.63. The largest absolute Gasteiger partial charge is 0.493 e. The van der Waals surface area contributed by atoms with Gasteiger partial charge in [0, 0.05) is 19.8 Å². The zero-order valence-electron chi connectivity index (χ0n) is 15.4. The van der Waals surface area contributed by atoms with Gasteiger partial charge < -0.3 is 20.1 Å². The van der Waals surface area contributed by atoms with Crippen LogP contribution < -0.4 is 20.1 Å². The van der Waals surface area contributed by atoms with Gasteiger partial charge in [0.1, 0.15) is 0 Å². The van der Waals surface area contributed by atoms with Crippen molar-refractivity contribution in [3.63, 3.8) is 0 Å². The zero-order chi connectivity index (χ0) is 18.1. The summed E-state index contributed by atoms with van der Waals surface area (Å²) in [6.07, 6.45) is 1.79. The maximum atomic E-state index is 5.54. The van der Waals surface area contributed by atoms with Crippen molar-refractivity contribution >= 4 is 5.96 Å². The summed E-state index contributed by atoms with van der Waals surface area (Å²) in [5.41, 5.74) is 2.14. The van der Waals surface area contributed by atoms with Gasteiger partial charge in [-0.2, -0.15) is 5.10 Å². The predicted octanol–water partition coefficient (Wildman–Crippen LogP) is 2.08. The molecule has 1 aromatic carbocycles. The minimum absolute atomic E-state index is 0.545. The molecule has 7 heteroatoms. The highest BCUT2D eigenvalue weighted by Crippen LogP contribution is 2.28. The van der Waals surface area contributed by atoms with Crippen LogP contribution in [0, 0.1) is 0 Å². The van der Waals surface area contributed by atoms with Crippen molar-refractivity contribution in [2.45, 2.75) is 26.9 Å². The number of methoxy groups -OCH3 is 1. The number of nitrogens with zero attached hydrogens (tertiary/aromatic N) is 3. The van der Waals surface area contributed by atoms with Crippen LogP contribution in [0.5, 0.6) is 11.5 Å². The molecule has 0 spiro atoms. The summed E-state index contributed by atoms with van der Waals surface area (Å²) < 4.78 is 12.8. The van der Waals surface area contributed by atoms with Crippen molar-refractivity contribution in [2.75, 3.05) is 20.3 Å². The van der Waals surface area contributed by atoms with Crippen LogP contribution in [-0.4, -0.2) is 36.0 Å². The Morgan fingerprint density at radius 1 is 1.20 bits per heavy atom. The maximum Gasteiger partial charge on any atom is 0.191 e. The monoisotopic (exact) mass is 345 g/mol. The molecule has 0 amide bonds. The Labute approximate surface area is 149 Å². The molecule has 0 bridgehead atoms. The fourth-order valence-corrected chi connectivity index (χ4v) is 2.35. The number of aliphatic imine (C=N–C) groups is 1. The van der Waals surface area contributed by atoms with Crippen molar-refractivity contribution in [3.05, 3.63) is 41.7 Å². The molecular weight excluding hydrogens is 318 g/mol. The van der Waals surface area contributed by atoms with Crippen molar-refractivity contribution in [2.24, 2.45) is 12.0 Å². The van der Waals surface area contributed by atoms with Crippen LogP contribution >= 0.6 is 0 Å². The maximum absolute atomic E-state index is 5.54. The van der Waals surface area contributed by atoms with E-state index in [1.54, 1.807) is 13.3 Å². The Balaban J connectivity index is 2.03. The smallest absolute Gasteiger partial charge is 0.191 e. The molecule has 2 N–H and O–H groups in total. The molecule has 0 atom stereocenters. The van der Waals surface area contributed by atoms with Gasteiger partial charge >= 0.3 is 0 Å². The van der Waals surface area contributed by atoms with Crippen molar-refractivity contribution < 1.29 is 9.47 Å². The third kappa shape index (κ3) is 5.41. The minimum atomic E-state index is 0.545. The topological polar surface area (TPSA) is 72.7 Å². The lowest BCUT2D eigenvalue weighted by atomic mass is 10.2. The van der Waals surface area contributed by atoms with Gasteiger partial charge in [-0.25, -0.2) is 4.99 Å². The lowest BCUT2D eigenvalue weighted by molar-refractivity contribution is 0.310. The molecule has 136 valence electrons. The number of rotatable bonds is 8. The van der Waals surface area contributed by atoms with Crippen molar-refractivity contribution in [1.29, 1.82) is 0 Å². The van der Waals surface area contributed by atoms with Crippen LogP contribution in [0.1, 0.15) is 25.1 Å². The summed E-state index contributed by atoms with van der Waals surface area (Å²) in [6.45, 7) is 6.61. The first kappa shape index (κ1) is 18.6. The Kier molecular flexibility index (Phi) is 7.13. The van der Waals surface area contributed by atoms with E-state index in [1.165, 1.54) is 0 Å². The standard InChI is InChI=1S/C18H27N5O2/c1-5-19-18(21-13-15-9-10-22-23(15)3)20-12-14-7-8-16(25-6-2)17(11-14)24-4/h7-11H,5-6,12-13H2,1-4H3,(H2,19,20,21). The third-order valence-electron chi connectivity index (χ3n) is 3.65. The SMILES string of the molecule is CCNC(=NCc1ccc(OCC)c(OC)c1)NCc1ccnn1C. The number of guanidine groups is 1. The van der Waals surface area contributed by atoms with Crippen LogP contribution in [0.4, 0.5) is 0 Å². The van der Waals surface area contributed by atoms with Gasteiger partial charge in [0.05, 0.1) is 32.5 Å². The molecule has 0 fully saturated rings. The highest BCUT2D eigenvalue weighted by atomic mass is 16.5. The van der Waals surface area contributed by atoms with E-state index in [0.717, 1.165) is 35.3 Å². The van der Waals surface area contributed by atoms with Gasteiger partial charge in [-0.1, -0.05) is 6.07 Å². The quantitative estimate of drug-likeness (QED) is 0.566. The van der Waals surface area contributed by atoms with Gasteiger partial charge in [-0.05, 0) is 37.6 Å². The molecule has 0 aliphatic heterocycles. The van der Waals surface area contributed by atoms with Crippen LogP contribution in [0.2, 0.25) is 0 Å². The van der Waals surface area contributed by atoms with Gasteiger partial charge in [0.25, 0.3) is 0 Å². The first-order valence-electron chi connectivity index (χ1n) is 8.46. The molecule has 0 saturated heterocycles. The van der Waals surface area contributed by atoms with Gasteiger partial charge in [0.2, 0.25) is 0 Å². The molecule has 0 radical (unpaired) electrons. The highest BCUT2D eigenvalue weighted by molar-refractivity contribution is 5.79. The van der Waals surface area contributed by atoms with E-state index >= 15 is 0 Å². The second-order valence-corrected chi connectivity index (χ2v) is 5.41. The number of ether oxygens (including phenoxy) is 2. The molecule has 7 nitrogen and oxygen atoms in total. The molecule has 1 heterocycles. The van der Waals surface area contributed by atoms with Gasteiger partial charge in [-0.3, -0.25) is 4.68 Å². The van der Waals surface area contributed by atoms with Crippen LogP contribution in [0.3, 0.4) is 0 Å². The van der Waals surface area contributed by atoms with Crippen LogP contribution in [0.15, 0.2) is 35.5 Å². The number of aryl methyl sites for hydroxylation is 1. The van der Waals surface area contributed by atoms with E-state index < -0.39 is 0 Å². The molecular formula is C18H27N5O2. The first-order chi connectivity index (χ1) is 12.2. The molecule has 0 aliphatic rings. The molecule has 25 heavy (non-hydrogen) atoms. The minimum Gasteiger partial charge on any atom is -0.493 e. The third-order valence-corrected chi connectivity index (χ3v) is 3.65. The fourth-order valence-electron chi connectivity index (χ4n) is 2.35. The van der Waals surface area contributed by atoms with Crippen molar-refractivity contribution in [3.8, 4) is 11.5 Å². The number of nitrogens with one attached hydrogen (secondary N) is 2. The zero-order valence-corrected chi connectivity index (χ0v) is 15.4. The van der Waals surface area contributed by atoms with E-state index in [0.29, 0.717) is 19.7 Å². The van der Waals surface area contributed by atoms with E-state index in [2.05, 4.69) is 20.7 Å². The summed E-state index contributed by atoms with van der Waals surface area (Å²) in [5.74, 6) is 2.23. The number of aromatic nitrogens is 2. The Morgan fingerprint density at radius 2 is 2.04 bits per heavy atom.